The van der Waals surface area contributed by atoms with E-state index in [4.69, 9.17) is 33.5 Å². The predicted octanol–water partition coefficient (Wildman–Crippen LogP) is 2.79. The minimum absolute atomic E-state index is 0.0833. The molecule has 1 aliphatic heterocycles. The van der Waals surface area contributed by atoms with Crippen LogP contribution in [0.25, 0.3) is 0 Å². The number of esters is 1. The molecule has 3 rings (SSSR count). The molecule has 2 unspecified atom stereocenters. The molecule has 0 amide bonds. The van der Waals surface area contributed by atoms with Gasteiger partial charge in [-0.15, -0.1) is 0 Å². The molecule has 3 N–H and O–H groups in total. The fourth-order valence-corrected chi connectivity index (χ4v) is 5.34. The minimum atomic E-state index is -4.48. The van der Waals surface area contributed by atoms with Gasteiger partial charge in [-0.05, 0) is 39.0 Å². The summed E-state index contributed by atoms with van der Waals surface area (Å²) in [7, 11) is -4.48. The average Bonchev–Trinajstić information content (AvgIpc) is 3.03. The maximum absolute atomic E-state index is 13.9. The fourth-order valence-electron chi connectivity index (χ4n) is 3.48. The molecule has 2 heterocycles. The van der Waals surface area contributed by atoms with Gasteiger partial charge in [0, 0.05) is 6.20 Å². The molecular formula is C23H31N2O9PS. The van der Waals surface area contributed by atoms with E-state index in [1.165, 1.54) is 31.3 Å². The van der Waals surface area contributed by atoms with Gasteiger partial charge in [0.15, 0.2) is 6.23 Å². The summed E-state index contributed by atoms with van der Waals surface area (Å²) in [5.74, 6) is -1.62. The first-order valence-corrected chi connectivity index (χ1v) is 13.3. The number of aromatic amines is 1. The summed E-state index contributed by atoms with van der Waals surface area (Å²) in [6.07, 6.45) is -5.21. The summed E-state index contributed by atoms with van der Waals surface area (Å²) in [6.45, 7) is 2.84. The van der Waals surface area contributed by atoms with Gasteiger partial charge in [-0.1, -0.05) is 37.3 Å². The predicted molar refractivity (Wildman–Crippen MR) is 132 cm³/mol. The molecule has 1 aromatic heterocycles. The van der Waals surface area contributed by atoms with E-state index in [2.05, 4.69) is 4.98 Å². The monoisotopic (exact) mass is 544 g/mol. The van der Waals surface area contributed by atoms with Gasteiger partial charge in [0.2, 0.25) is 0 Å². The molecule has 13 heteroatoms. The lowest BCUT2D eigenvalue weighted by molar-refractivity contribution is -0.151. The lowest BCUT2D eigenvalue weighted by Crippen LogP contribution is -2.46. The third kappa shape index (κ3) is 6.70. The van der Waals surface area contributed by atoms with Crippen LogP contribution in [-0.2, 0) is 23.4 Å². The number of ether oxygens (including phenoxy) is 2. The Morgan fingerprint density at radius 1 is 1.33 bits per heavy atom. The highest BCUT2D eigenvalue weighted by Crippen LogP contribution is 2.51. The highest BCUT2D eigenvalue weighted by Gasteiger charge is 2.54. The SMILES string of the molecule is [2H]C([2H])(OP(=O)(C[C@@H](C)C(=O)OC(C)C)Oc1ccccc1)[C@H]1O[C@@H](n2ccc(=S)[nH]c2=O)C(C)(O)[C@H]1O. The summed E-state index contributed by atoms with van der Waals surface area (Å²) < 4.78 is 53.7. The Bertz CT molecular complexity index is 1300. The zero-order valence-corrected chi connectivity index (χ0v) is 21.9. The van der Waals surface area contributed by atoms with Crippen LogP contribution >= 0.6 is 19.8 Å². The van der Waals surface area contributed by atoms with Crippen molar-refractivity contribution in [1.29, 1.82) is 0 Å². The second-order valence-corrected chi connectivity index (χ2v) is 11.3. The van der Waals surface area contributed by atoms with E-state index in [9.17, 15) is 24.4 Å². The summed E-state index contributed by atoms with van der Waals surface area (Å²) in [6, 6.07) is 9.16. The van der Waals surface area contributed by atoms with Crippen LogP contribution in [0.15, 0.2) is 47.4 Å². The summed E-state index contributed by atoms with van der Waals surface area (Å²) in [5, 5.41) is 21.8. The number of H-pyrrole nitrogens is 1. The number of aliphatic hydroxyl groups is 2. The van der Waals surface area contributed by atoms with Crippen molar-refractivity contribution in [1.82, 2.24) is 9.55 Å². The largest absolute Gasteiger partial charge is 0.463 e. The standard InChI is InChI=1S/C23H31N2O9PS/c1-14(2)32-20(27)15(3)13-35(30,34-16-8-6-5-7-9-16)31-12-17-19(26)23(4,29)21(33-17)25-11-10-18(36)24-22(25)28/h5-11,14-15,17,19,21,26,29H,12-13H2,1-4H3,(H,24,28,36)/t15-,17-,19+,21-,23?,35?/m1/s1/i12D2. The van der Waals surface area contributed by atoms with Crippen molar-refractivity contribution in [2.75, 3.05) is 12.7 Å². The van der Waals surface area contributed by atoms with Crippen molar-refractivity contribution in [3.63, 3.8) is 0 Å². The van der Waals surface area contributed by atoms with Crippen molar-refractivity contribution in [3.05, 3.63) is 57.7 Å². The van der Waals surface area contributed by atoms with Crippen molar-refractivity contribution < 1.29 is 40.8 Å². The number of aliphatic hydroxyl groups excluding tert-OH is 1. The van der Waals surface area contributed by atoms with Crippen LogP contribution < -0.4 is 10.2 Å². The van der Waals surface area contributed by atoms with Gasteiger partial charge in [-0.2, -0.15) is 0 Å². The van der Waals surface area contributed by atoms with E-state index in [-0.39, 0.29) is 10.4 Å². The molecular weight excluding hydrogens is 511 g/mol. The molecule has 0 aliphatic carbocycles. The highest BCUT2D eigenvalue weighted by atomic mass is 32.1. The van der Waals surface area contributed by atoms with Gasteiger partial charge in [-0.3, -0.25) is 18.9 Å². The zero-order chi connectivity index (χ0) is 28.5. The van der Waals surface area contributed by atoms with E-state index in [0.29, 0.717) is 0 Å². The molecule has 1 saturated heterocycles. The number of nitrogens with one attached hydrogen (secondary N) is 1. The van der Waals surface area contributed by atoms with Crippen LogP contribution in [0, 0.1) is 10.6 Å². The first-order chi connectivity index (χ1) is 17.6. The van der Waals surface area contributed by atoms with Crippen molar-refractivity contribution >= 4 is 25.8 Å². The normalized spacial score (nSPS) is 27.6. The Morgan fingerprint density at radius 2 is 2.00 bits per heavy atom. The Morgan fingerprint density at radius 3 is 2.61 bits per heavy atom. The topological polar surface area (TPSA) is 149 Å². The van der Waals surface area contributed by atoms with Gasteiger partial charge in [0.05, 0.1) is 27.5 Å². The molecule has 0 radical (unpaired) electrons. The third-order valence-corrected chi connectivity index (χ3v) is 7.42. The Hall–Kier alpha value is -2.34. The second-order valence-electron chi connectivity index (χ2n) is 8.89. The fraction of sp³-hybridized carbons (Fsp3) is 0.522. The van der Waals surface area contributed by atoms with E-state index in [0.717, 1.165) is 11.5 Å². The van der Waals surface area contributed by atoms with E-state index in [1.54, 1.807) is 32.0 Å². The van der Waals surface area contributed by atoms with Gasteiger partial charge in [0.1, 0.15) is 28.2 Å². The van der Waals surface area contributed by atoms with Gasteiger partial charge in [-0.25, -0.2) is 9.36 Å². The van der Waals surface area contributed by atoms with Gasteiger partial charge in [0.25, 0.3) is 0 Å². The smallest absolute Gasteiger partial charge is 0.380 e. The molecule has 0 spiro atoms. The number of rotatable bonds is 10. The van der Waals surface area contributed by atoms with Gasteiger partial charge < -0.3 is 24.2 Å². The molecule has 0 saturated carbocycles. The van der Waals surface area contributed by atoms with Gasteiger partial charge >= 0.3 is 19.3 Å². The molecule has 1 aromatic carbocycles. The molecule has 0 bridgehead atoms. The Labute approximate surface area is 216 Å². The minimum Gasteiger partial charge on any atom is -0.463 e. The molecule has 6 atom stereocenters. The number of para-hydroxylation sites is 1. The quantitative estimate of drug-likeness (QED) is 0.232. The molecule has 1 fully saturated rings. The maximum Gasteiger partial charge on any atom is 0.380 e. The Balaban J connectivity index is 1.93. The number of nitrogens with zero attached hydrogens (tertiary/aromatic N) is 1. The molecule has 2 aromatic rings. The summed E-state index contributed by atoms with van der Waals surface area (Å²) in [5.41, 5.74) is -2.95. The van der Waals surface area contributed by atoms with Crippen LogP contribution in [0.3, 0.4) is 0 Å². The Kier molecular flexibility index (Phi) is 8.00. The highest BCUT2D eigenvalue weighted by molar-refractivity contribution is 7.71. The second kappa shape index (κ2) is 11.4. The van der Waals surface area contributed by atoms with E-state index >= 15 is 0 Å². The lowest BCUT2D eigenvalue weighted by Gasteiger charge is -2.27. The molecule has 1 aliphatic rings. The molecule has 198 valence electrons. The third-order valence-electron chi connectivity index (χ3n) is 5.31. The van der Waals surface area contributed by atoms with Crippen LogP contribution in [0.1, 0.15) is 36.7 Å². The van der Waals surface area contributed by atoms with Crippen LogP contribution in [0.4, 0.5) is 0 Å². The number of carbonyl (C=O) groups is 1. The first-order valence-electron chi connectivity index (χ1n) is 12.2. The van der Waals surface area contributed by atoms with E-state index in [1.807, 2.05) is 0 Å². The zero-order valence-electron chi connectivity index (χ0n) is 22.2. The molecule has 36 heavy (non-hydrogen) atoms. The van der Waals surface area contributed by atoms with Crippen molar-refractivity contribution in [2.45, 2.75) is 57.8 Å². The number of aromatic nitrogens is 2. The summed E-state index contributed by atoms with van der Waals surface area (Å²) in [4.78, 5) is 27.2. The number of hydrogen-bond acceptors (Lipinski definition) is 10. The van der Waals surface area contributed by atoms with Crippen LogP contribution in [0.2, 0.25) is 0 Å². The van der Waals surface area contributed by atoms with E-state index < -0.39 is 68.0 Å². The number of benzene rings is 1. The average molecular weight is 545 g/mol. The first kappa shape index (κ1) is 25.3. The molecule has 11 nitrogen and oxygen atoms in total. The maximum atomic E-state index is 13.9. The van der Waals surface area contributed by atoms with Crippen LogP contribution in [-0.4, -0.2) is 62.4 Å². The van der Waals surface area contributed by atoms with Crippen LogP contribution in [0.5, 0.6) is 5.75 Å². The number of hydrogen-bond donors (Lipinski definition) is 3. The number of carbonyl (C=O) groups excluding carboxylic acids is 1. The van der Waals surface area contributed by atoms with Crippen molar-refractivity contribution in [3.8, 4) is 5.75 Å². The van der Waals surface area contributed by atoms with Crippen molar-refractivity contribution in [2.24, 2.45) is 5.92 Å². The summed E-state index contributed by atoms with van der Waals surface area (Å²) >= 11 is 4.91. The lowest BCUT2D eigenvalue weighted by atomic mass is 9.96.